The van der Waals surface area contributed by atoms with Gasteiger partial charge in [-0.1, -0.05) is 18.2 Å². The van der Waals surface area contributed by atoms with Gasteiger partial charge in [-0.2, -0.15) is 0 Å². The van der Waals surface area contributed by atoms with Gasteiger partial charge in [-0.05, 0) is 37.8 Å². The highest BCUT2D eigenvalue weighted by atomic mass is 16.1. The van der Waals surface area contributed by atoms with Crippen LogP contribution >= 0.6 is 0 Å². The number of nitrogens with one attached hydrogen (secondary N) is 1. The van der Waals surface area contributed by atoms with Crippen molar-refractivity contribution in [3.63, 3.8) is 0 Å². The Balaban J connectivity index is 1.74. The van der Waals surface area contributed by atoms with Gasteiger partial charge in [-0.15, -0.1) is 0 Å². The minimum absolute atomic E-state index is 0.245. The molecule has 0 saturated carbocycles. The van der Waals surface area contributed by atoms with Crippen molar-refractivity contribution in [3.05, 3.63) is 65.9 Å². The van der Waals surface area contributed by atoms with E-state index in [4.69, 9.17) is 0 Å². The second-order valence-corrected chi connectivity index (χ2v) is 5.93. The number of amides is 1. The van der Waals surface area contributed by atoms with Crippen molar-refractivity contribution in [2.24, 2.45) is 0 Å². The van der Waals surface area contributed by atoms with Gasteiger partial charge in [-0.3, -0.25) is 10.1 Å². The van der Waals surface area contributed by atoms with Gasteiger partial charge in [0.2, 0.25) is 5.95 Å². The first-order valence-corrected chi connectivity index (χ1v) is 8.33. The molecule has 0 unspecified atom stereocenters. The minimum Gasteiger partial charge on any atom is -0.290 e. The predicted molar refractivity (Wildman–Crippen MR) is 94.1 cm³/mol. The van der Waals surface area contributed by atoms with Crippen LogP contribution in [0.15, 0.2) is 49.1 Å². The number of hydrogen-bond acceptors (Lipinski definition) is 5. The molecule has 0 saturated heterocycles. The summed E-state index contributed by atoms with van der Waals surface area (Å²) in [6, 6.07) is 9.19. The lowest BCUT2D eigenvalue weighted by Gasteiger charge is -2.18. The van der Waals surface area contributed by atoms with E-state index in [0.717, 1.165) is 48.2 Å². The van der Waals surface area contributed by atoms with Gasteiger partial charge in [0, 0.05) is 34.8 Å². The topological polar surface area (TPSA) is 80.7 Å². The average Bonchev–Trinajstić information content (AvgIpc) is 2.68. The maximum Gasteiger partial charge on any atom is 0.258 e. The Kier molecular flexibility index (Phi) is 4.16. The number of nitrogens with zero attached hydrogens (tertiary/aromatic N) is 4. The maximum absolute atomic E-state index is 12.7. The molecule has 1 aromatic carbocycles. The summed E-state index contributed by atoms with van der Waals surface area (Å²) in [7, 11) is 0. The molecule has 6 nitrogen and oxygen atoms in total. The number of anilines is 1. The monoisotopic (exact) mass is 331 g/mol. The predicted octanol–water partition coefficient (Wildman–Crippen LogP) is 3.06. The molecule has 2 heterocycles. The van der Waals surface area contributed by atoms with Crippen LogP contribution in [0.4, 0.5) is 5.95 Å². The molecule has 0 atom stereocenters. The first-order valence-electron chi connectivity index (χ1n) is 8.33. The summed E-state index contributed by atoms with van der Waals surface area (Å²) >= 11 is 0. The molecular weight excluding hydrogens is 314 g/mol. The summed E-state index contributed by atoms with van der Waals surface area (Å²) in [6.07, 6.45) is 8.97. The summed E-state index contributed by atoms with van der Waals surface area (Å²) in [6.45, 7) is 0. The Hall–Kier alpha value is -3.15. The largest absolute Gasteiger partial charge is 0.290 e. The fraction of sp³-hybridized carbons (Fsp3) is 0.211. The zero-order valence-electron chi connectivity index (χ0n) is 13.6. The number of rotatable bonds is 3. The molecule has 0 bridgehead atoms. The second-order valence-electron chi connectivity index (χ2n) is 5.93. The third kappa shape index (κ3) is 3.10. The van der Waals surface area contributed by atoms with Crippen molar-refractivity contribution >= 4 is 11.9 Å². The van der Waals surface area contributed by atoms with Crippen LogP contribution in [0, 0.1) is 0 Å². The third-order valence-corrected chi connectivity index (χ3v) is 4.34. The number of hydrogen-bond donors (Lipinski definition) is 1. The lowest BCUT2D eigenvalue weighted by atomic mass is 9.91. The van der Waals surface area contributed by atoms with E-state index in [9.17, 15) is 4.79 Å². The standard InChI is InChI=1S/C19H17N5O/c25-18(24-19-20-10-5-11-21-19)14-7-2-1-6-13(14)17-15-8-3-4-9-16(15)22-12-23-17/h1-2,5-7,10-12H,3-4,8-9H2,(H,20,21,24,25). The highest BCUT2D eigenvalue weighted by Gasteiger charge is 2.20. The van der Waals surface area contributed by atoms with Crippen LogP contribution in [0.1, 0.15) is 34.5 Å². The molecule has 6 heteroatoms. The van der Waals surface area contributed by atoms with E-state index in [1.165, 1.54) is 0 Å². The van der Waals surface area contributed by atoms with Crippen LogP contribution in [0.5, 0.6) is 0 Å². The second kappa shape index (κ2) is 6.76. The summed E-state index contributed by atoms with van der Waals surface area (Å²) < 4.78 is 0. The van der Waals surface area contributed by atoms with E-state index in [1.54, 1.807) is 30.9 Å². The molecule has 3 aromatic rings. The number of benzene rings is 1. The van der Waals surface area contributed by atoms with E-state index in [0.29, 0.717) is 5.56 Å². The minimum atomic E-state index is -0.245. The number of aromatic nitrogens is 4. The normalized spacial score (nSPS) is 13.1. The van der Waals surface area contributed by atoms with E-state index in [2.05, 4.69) is 25.3 Å². The van der Waals surface area contributed by atoms with Gasteiger partial charge in [0.25, 0.3) is 5.91 Å². The number of aryl methyl sites for hydroxylation is 1. The van der Waals surface area contributed by atoms with Gasteiger partial charge in [0.05, 0.1) is 5.69 Å². The van der Waals surface area contributed by atoms with Crippen LogP contribution in [-0.4, -0.2) is 25.8 Å². The van der Waals surface area contributed by atoms with Crippen LogP contribution in [0.3, 0.4) is 0 Å². The lowest BCUT2D eigenvalue weighted by molar-refractivity contribution is 0.102. The Labute approximate surface area is 145 Å². The Bertz CT molecular complexity index is 911. The highest BCUT2D eigenvalue weighted by molar-refractivity contribution is 6.07. The number of carbonyl (C=O) groups excluding carboxylic acids is 1. The molecule has 0 aliphatic heterocycles. The van der Waals surface area contributed by atoms with Crippen molar-refractivity contribution in [1.29, 1.82) is 0 Å². The van der Waals surface area contributed by atoms with Crippen LogP contribution in [0.25, 0.3) is 11.3 Å². The molecule has 4 rings (SSSR count). The summed E-state index contributed by atoms with van der Waals surface area (Å²) in [5.41, 5.74) is 4.48. The molecule has 1 amide bonds. The molecular formula is C19H17N5O. The fourth-order valence-electron chi connectivity index (χ4n) is 3.17. The lowest BCUT2D eigenvalue weighted by Crippen LogP contribution is -2.16. The number of carbonyl (C=O) groups is 1. The Morgan fingerprint density at radius 3 is 2.60 bits per heavy atom. The Morgan fingerprint density at radius 1 is 0.920 bits per heavy atom. The average molecular weight is 331 g/mol. The Morgan fingerprint density at radius 2 is 1.72 bits per heavy atom. The molecule has 25 heavy (non-hydrogen) atoms. The van der Waals surface area contributed by atoms with Crippen LogP contribution < -0.4 is 5.32 Å². The number of fused-ring (bicyclic) bond motifs is 1. The first kappa shape index (κ1) is 15.4. The maximum atomic E-state index is 12.7. The summed E-state index contributed by atoms with van der Waals surface area (Å²) in [4.78, 5) is 29.7. The van der Waals surface area contributed by atoms with Crippen molar-refractivity contribution in [1.82, 2.24) is 19.9 Å². The van der Waals surface area contributed by atoms with E-state index < -0.39 is 0 Å². The van der Waals surface area contributed by atoms with Crippen molar-refractivity contribution in [3.8, 4) is 11.3 Å². The smallest absolute Gasteiger partial charge is 0.258 e. The SMILES string of the molecule is O=C(Nc1ncccn1)c1ccccc1-c1ncnc2c1CCCC2. The quantitative estimate of drug-likeness (QED) is 0.798. The summed E-state index contributed by atoms with van der Waals surface area (Å²) in [5.74, 6) is 0.0389. The van der Waals surface area contributed by atoms with Crippen molar-refractivity contribution in [2.75, 3.05) is 5.32 Å². The van der Waals surface area contributed by atoms with Gasteiger partial charge < -0.3 is 0 Å². The highest BCUT2D eigenvalue weighted by Crippen LogP contribution is 2.30. The van der Waals surface area contributed by atoms with E-state index in [-0.39, 0.29) is 11.9 Å². The third-order valence-electron chi connectivity index (χ3n) is 4.34. The molecule has 1 aliphatic rings. The fourth-order valence-corrected chi connectivity index (χ4v) is 3.17. The molecule has 1 N–H and O–H groups in total. The molecule has 124 valence electrons. The first-order chi connectivity index (χ1) is 12.3. The van der Waals surface area contributed by atoms with Crippen molar-refractivity contribution in [2.45, 2.75) is 25.7 Å². The zero-order valence-corrected chi connectivity index (χ0v) is 13.6. The van der Waals surface area contributed by atoms with Crippen LogP contribution in [-0.2, 0) is 12.8 Å². The molecule has 1 aliphatic carbocycles. The van der Waals surface area contributed by atoms with Gasteiger partial charge in [-0.25, -0.2) is 19.9 Å². The van der Waals surface area contributed by atoms with E-state index >= 15 is 0 Å². The molecule has 0 fully saturated rings. The zero-order chi connectivity index (χ0) is 17.1. The van der Waals surface area contributed by atoms with E-state index in [1.807, 2.05) is 18.2 Å². The van der Waals surface area contributed by atoms with Crippen LogP contribution in [0.2, 0.25) is 0 Å². The van der Waals surface area contributed by atoms with Gasteiger partial charge >= 0.3 is 0 Å². The molecule has 0 radical (unpaired) electrons. The summed E-state index contributed by atoms with van der Waals surface area (Å²) in [5, 5.41) is 2.74. The molecule has 0 spiro atoms. The van der Waals surface area contributed by atoms with Gasteiger partial charge in [0.1, 0.15) is 6.33 Å². The molecule has 2 aromatic heterocycles. The van der Waals surface area contributed by atoms with Crippen molar-refractivity contribution < 1.29 is 4.79 Å². The van der Waals surface area contributed by atoms with Gasteiger partial charge in [0.15, 0.2) is 0 Å².